The molecule has 1 saturated carbocycles. The van der Waals surface area contributed by atoms with Crippen LogP contribution in [0.4, 0.5) is 0 Å². The van der Waals surface area contributed by atoms with E-state index >= 15 is 0 Å². The van der Waals surface area contributed by atoms with Crippen molar-refractivity contribution >= 4 is 11.9 Å². The minimum atomic E-state index is -0.428. The molecule has 2 fully saturated rings. The lowest BCUT2D eigenvalue weighted by Crippen LogP contribution is -2.34. The molecular formula is C12H18O5. The predicted molar refractivity (Wildman–Crippen MR) is 58.1 cm³/mol. The molecule has 4 unspecified atom stereocenters. The molecule has 1 aliphatic carbocycles. The first-order valence-electron chi connectivity index (χ1n) is 5.98. The largest absolute Gasteiger partial charge is 0.469 e. The van der Waals surface area contributed by atoms with Gasteiger partial charge in [-0.2, -0.15) is 0 Å². The van der Waals surface area contributed by atoms with E-state index in [1.54, 1.807) is 0 Å². The molecule has 0 spiro atoms. The number of ether oxygens (including phenoxy) is 3. The fraction of sp³-hybridized carbons (Fsp3) is 0.833. The molecule has 0 amide bonds. The maximum Gasteiger partial charge on any atom is 0.309 e. The summed E-state index contributed by atoms with van der Waals surface area (Å²) in [6.07, 6.45) is 3.48. The highest BCUT2D eigenvalue weighted by Gasteiger charge is 2.47. The van der Waals surface area contributed by atoms with Crippen LogP contribution in [0.25, 0.3) is 0 Å². The van der Waals surface area contributed by atoms with Gasteiger partial charge >= 0.3 is 11.9 Å². The normalized spacial score (nSPS) is 36.1. The summed E-state index contributed by atoms with van der Waals surface area (Å²) in [6.45, 7) is 0. The average Bonchev–Trinajstić information content (AvgIpc) is 3.04. The molecule has 0 aromatic rings. The zero-order valence-electron chi connectivity index (χ0n) is 10.2. The van der Waals surface area contributed by atoms with Gasteiger partial charge in [0.15, 0.2) is 0 Å². The number of esters is 2. The molecular weight excluding hydrogens is 224 g/mol. The van der Waals surface area contributed by atoms with Crippen molar-refractivity contribution in [3.63, 3.8) is 0 Å². The van der Waals surface area contributed by atoms with Crippen molar-refractivity contribution in [2.75, 3.05) is 14.2 Å². The molecule has 1 aliphatic heterocycles. The van der Waals surface area contributed by atoms with Gasteiger partial charge in [0.1, 0.15) is 0 Å². The molecule has 0 aromatic heterocycles. The molecule has 96 valence electrons. The summed E-state index contributed by atoms with van der Waals surface area (Å²) in [6, 6.07) is 0. The molecule has 2 rings (SSSR count). The number of carbonyl (C=O) groups excluding carboxylic acids is 2. The second-order valence-electron chi connectivity index (χ2n) is 4.64. The first-order valence-corrected chi connectivity index (χ1v) is 5.98. The van der Waals surface area contributed by atoms with Gasteiger partial charge in [0.2, 0.25) is 0 Å². The number of methoxy groups -OCH3 is 2. The maximum absolute atomic E-state index is 11.7. The van der Waals surface area contributed by atoms with Crippen LogP contribution in [0.15, 0.2) is 0 Å². The van der Waals surface area contributed by atoms with Gasteiger partial charge in [-0.05, 0) is 25.7 Å². The van der Waals surface area contributed by atoms with E-state index < -0.39 is 11.8 Å². The van der Waals surface area contributed by atoms with E-state index in [1.807, 2.05) is 0 Å². The summed E-state index contributed by atoms with van der Waals surface area (Å²) >= 11 is 0. The van der Waals surface area contributed by atoms with Crippen LogP contribution in [0.1, 0.15) is 25.7 Å². The third-order valence-corrected chi connectivity index (χ3v) is 3.67. The van der Waals surface area contributed by atoms with Crippen molar-refractivity contribution in [1.82, 2.24) is 0 Å². The molecule has 5 heteroatoms. The van der Waals surface area contributed by atoms with Crippen LogP contribution >= 0.6 is 0 Å². The van der Waals surface area contributed by atoms with Crippen LogP contribution < -0.4 is 0 Å². The highest BCUT2D eigenvalue weighted by molar-refractivity contribution is 5.82. The Morgan fingerprint density at radius 2 is 1.65 bits per heavy atom. The summed E-state index contributed by atoms with van der Waals surface area (Å²) in [5.41, 5.74) is 0. The lowest BCUT2D eigenvalue weighted by atomic mass is 9.81. The van der Waals surface area contributed by atoms with E-state index in [2.05, 4.69) is 0 Å². The van der Waals surface area contributed by atoms with Gasteiger partial charge in [-0.25, -0.2) is 0 Å². The van der Waals surface area contributed by atoms with Gasteiger partial charge in [-0.3, -0.25) is 9.59 Å². The summed E-state index contributed by atoms with van der Waals surface area (Å²) in [4.78, 5) is 23.5. The molecule has 2 aliphatic rings. The lowest BCUT2D eigenvalue weighted by molar-refractivity contribution is -0.158. The van der Waals surface area contributed by atoms with E-state index in [0.29, 0.717) is 12.8 Å². The van der Waals surface area contributed by atoms with E-state index in [-0.39, 0.29) is 24.1 Å². The number of carbonyl (C=O) groups is 2. The zero-order chi connectivity index (χ0) is 12.4. The number of rotatable bonds is 2. The van der Waals surface area contributed by atoms with Gasteiger partial charge in [-0.1, -0.05) is 0 Å². The SMILES string of the molecule is COC(=O)C1CCCC2OC2CC1C(=O)OC. The number of fused-ring (bicyclic) bond motifs is 1. The van der Waals surface area contributed by atoms with Crippen LogP contribution in [-0.4, -0.2) is 38.4 Å². The van der Waals surface area contributed by atoms with Crippen molar-refractivity contribution < 1.29 is 23.8 Å². The highest BCUT2D eigenvalue weighted by atomic mass is 16.6. The van der Waals surface area contributed by atoms with Gasteiger partial charge in [0.25, 0.3) is 0 Å². The molecule has 5 nitrogen and oxygen atoms in total. The van der Waals surface area contributed by atoms with Gasteiger partial charge < -0.3 is 14.2 Å². The smallest absolute Gasteiger partial charge is 0.309 e. The summed E-state index contributed by atoms with van der Waals surface area (Å²) in [7, 11) is 2.70. The molecule has 1 saturated heterocycles. The maximum atomic E-state index is 11.7. The summed E-state index contributed by atoms with van der Waals surface area (Å²) in [5.74, 6) is -1.48. The molecule has 0 bridgehead atoms. The fourth-order valence-electron chi connectivity index (χ4n) is 2.64. The van der Waals surface area contributed by atoms with E-state index in [9.17, 15) is 9.59 Å². The molecule has 1 heterocycles. The van der Waals surface area contributed by atoms with Crippen molar-refractivity contribution in [1.29, 1.82) is 0 Å². The van der Waals surface area contributed by atoms with Gasteiger partial charge in [-0.15, -0.1) is 0 Å². The second kappa shape index (κ2) is 5.04. The summed E-state index contributed by atoms with van der Waals surface area (Å²) in [5, 5.41) is 0. The molecule has 0 radical (unpaired) electrons. The average molecular weight is 242 g/mol. The Morgan fingerprint density at radius 3 is 2.29 bits per heavy atom. The summed E-state index contributed by atoms with van der Waals surface area (Å²) < 4.78 is 15.0. The number of hydrogen-bond donors (Lipinski definition) is 0. The monoisotopic (exact) mass is 242 g/mol. The van der Waals surface area contributed by atoms with Crippen molar-refractivity contribution in [2.45, 2.75) is 37.9 Å². The third kappa shape index (κ3) is 2.60. The minimum absolute atomic E-state index is 0.117. The van der Waals surface area contributed by atoms with Crippen LogP contribution in [0, 0.1) is 11.8 Å². The van der Waals surface area contributed by atoms with Gasteiger partial charge in [0.05, 0.1) is 38.3 Å². The van der Waals surface area contributed by atoms with Crippen LogP contribution in [0.5, 0.6) is 0 Å². The Bertz CT molecular complexity index is 314. The quantitative estimate of drug-likeness (QED) is 0.532. The first-order chi connectivity index (χ1) is 8.17. The topological polar surface area (TPSA) is 65.1 Å². The van der Waals surface area contributed by atoms with E-state index in [4.69, 9.17) is 14.2 Å². The lowest BCUT2D eigenvalue weighted by Gasteiger charge is -2.23. The van der Waals surface area contributed by atoms with Crippen molar-refractivity contribution in [3.05, 3.63) is 0 Å². The van der Waals surface area contributed by atoms with E-state index in [1.165, 1.54) is 14.2 Å². The molecule has 17 heavy (non-hydrogen) atoms. The third-order valence-electron chi connectivity index (χ3n) is 3.67. The Kier molecular flexibility index (Phi) is 3.66. The van der Waals surface area contributed by atoms with Crippen molar-refractivity contribution in [3.8, 4) is 0 Å². The number of epoxide rings is 1. The molecule has 4 atom stereocenters. The second-order valence-corrected chi connectivity index (χ2v) is 4.64. The van der Waals surface area contributed by atoms with Gasteiger partial charge in [0, 0.05) is 0 Å². The van der Waals surface area contributed by atoms with Crippen LogP contribution in [0.3, 0.4) is 0 Å². The molecule has 0 aromatic carbocycles. The predicted octanol–water partition coefficient (Wildman–Crippen LogP) is 0.906. The van der Waals surface area contributed by atoms with E-state index in [0.717, 1.165) is 12.8 Å². The Labute approximate surface area is 100 Å². The van der Waals surface area contributed by atoms with Crippen LogP contribution in [0.2, 0.25) is 0 Å². The number of hydrogen-bond acceptors (Lipinski definition) is 5. The first kappa shape index (κ1) is 12.4. The zero-order valence-corrected chi connectivity index (χ0v) is 10.2. The Morgan fingerprint density at radius 1 is 1.00 bits per heavy atom. The molecule has 0 N–H and O–H groups in total. The Balaban J connectivity index is 2.11. The standard InChI is InChI=1S/C12H18O5/c1-15-11(13)7-4-3-5-9-10(17-9)6-8(7)12(14)16-2/h7-10H,3-6H2,1-2H3. The minimum Gasteiger partial charge on any atom is -0.469 e. The fourth-order valence-corrected chi connectivity index (χ4v) is 2.64. The highest BCUT2D eigenvalue weighted by Crippen LogP contribution is 2.39. The Hall–Kier alpha value is -1.10. The van der Waals surface area contributed by atoms with Crippen molar-refractivity contribution in [2.24, 2.45) is 11.8 Å². The van der Waals surface area contributed by atoms with Crippen LogP contribution in [-0.2, 0) is 23.8 Å².